The molecule has 0 aliphatic heterocycles. The first kappa shape index (κ1) is 9.48. The van der Waals surface area contributed by atoms with Crippen molar-refractivity contribution in [1.29, 1.82) is 0 Å². The van der Waals surface area contributed by atoms with E-state index in [4.69, 9.17) is 10.5 Å². The summed E-state index contributed by atoms with van der Waals surface area (Å²) in [7, 11) is 1.62. The molecule has 4 heteroatoms. The maximum atomic E-state index is 5.41. The Hall–Kier alpha value is -0.610. The van der Waals surface area contributed by atoms with E-state index in [9.17, 15) is 0 Å². The van der Waals surface area contributed by atoms with E-state index >= 15 is 0 Å². The van der Waals surface area contributed by atoms with Crippen LogP contribution in [-0.2, 0) is 6.42 Å². The molecule has 1 aromatic rings. The molecule has 0 bridgehead atoms. The molecule has 0 aliphatic rings. The average molecular weight is 231 g/mol. The molecule has 0 aliphatic carbocycles. The number of nitrogens with zero attached hydrogens (tertiary/aromatic N) is 1. The quantitative estimate of drug-likeness (QED) is 0.854. The van der Waals surface area contributed by atoms with Crippen LogP contribution in [0.5, 0.6) is 5.75 Å². The van der Waals surface area contributed by atoms with Crippen molar-refractivity contribution in [3.05, 3.63) is 22.4 Å². The molecule has 1 rings (SSSR count). The summed E-state index contributed by atoms with van der Waals surface area (Å²) in [6.45, 7) is 0.609. The Morgan fingerprint density at radius 1 is 1.67 bits per heavy atom. The second-order valence-electron chi connectivity index (χ2n) is 2.34. The highest BCUT2D eigenvalue weighted by molar-refractivity contribution is 9.10. The minimum absolute atomic E-state index is 0.609. The van der Waals surface area contributed by atoms with Crippen LogP contribution in [0, 0.1) is 0 Å². The van der Waals surface area contributed by atoms with Crippen molar-refractivity contribution in [3.63, 3.8) is 0 Å². The molecule has 12 heavy (non-hydrogen) atoms. The Morgan fingerprint density at radius 2 is 2.42 bits per heavy atom. The number of halogens is 1. The van der Waals surface area contributed by atoms with Crippen molar-refractivity contribution in [2.75, 3.05) is 13.7 Å². The molecule has 0 atom stereocenters. The third kappa shape index (κ3) is 2.19. The van der Waals surface area contributed by atoms with E-state index in [1.807, 2.05) is 6.07 Å². The van der Waals surface area contributed by atoms with Crippen molar-refractivity contribution >= 4 is 15.9 Å². The summed E-state index contributed by atoms with van der Waals surface area (Å²) in [5.41, 5.74) is 6.38. The van der Waals surface area contributed by atoms with Crippen molar-refractivity contribution in [2.45, 2.75) is 6.42 Å². The van der Waals surface area contributed by atoms with Gasteiger partial charge in [-0.1, -0.05) is 0 Å². The maximum absolute atomic E-state index is 5.41. The molecule has 1 aromatic heterocycles. The lowest BCUT2D eigenvalue weighted by molar-refractivity contribution is 0.412. The van der Waals surface area contributed by atoms with Crippen LogP contribution in [0.1, 0.15) is 5.69 Å². The Morgan fingerprint density at radius 3 is 2.92 bits per heavy atom. The topological polar surface area (TPSA) is 48.1 Å². The summed E-state index contributed by atoms with van der Waals surface area (Å²) in [4.78, 5) is 4.19. The predicted molar refractivity (Wildman–Crippen MR) is 51.2 cm³/mol. The zero-order valence-electron chi connectivity index (χ0n) is 6.88. The molecule has 0 radical (unpaired) electrons. The van der Waals surface area contributed by atoms with Gasteiger partial charge in [-0.3, -0.25) is 4.98 Å². The molecule has 0 saturated carbocycles. The summed E-state index contributed by atoms with van der Waals surface area (Å²) in [6.07, 6.45) is 2.47. The number of rotatable bonds is 3. The Bertz CT molecular complexity index is 265. The van der Waals surface area contributed by atoms with Gasteiger partial charge in [-0.15, -0.1) is 0 Å². The number of hydrogen-bond donors (Lipinski definition) is 1. The minimum Gasteiger partial charge on any atom is -0.495 e. The number of pyridine rings is 1. The van der Waals surface area contributed by atoms with Gasteiger partial charge in [0.2, 0.25) is 0 Å². The highest BCUT2D eigenvalue weighted by Crippen LogP contribution is 2.20. The normalized spacial score (nSPS) is 9.92. The van der Waals surface area contributed by atoms with Gasteiger partial charge in [0.15, 0.2) is 0 Å². The van der Waals surface area contributed by atoms with Crippen LogP contribution >= 0.6 is 15.9 Å². The highest BCUT2D eigenvalue weighted by atomic mass is 79.9. The van der Waals surface area contributed by atoms with Crippen LogP contribution in [0.3, 0.4) is 0 Å². The average Bonchev–Trinajstić information content (AvgIpc) is 2.09. The molecule has 0 saturated heterocycles. The summed E-state index contributed by atoms with van der Waals surface area (Å²) in [6, 6.07) is 1.89. The van der Waals surface area contributed by atoms with Crippen molar-refractivity contribution in [3.8, 4) is 5.75 Å². The zero-order valence-corrected chi connectivity index (χ0v) is 8.47. The fraction of sp³-hybridized carbons (Fsp3) is 0.375. The van der Waals surface area contributed by atoms with E-state index in [1.54, 1.807) is 13.3 Å². The third-order valence-electron chi connectivity index (χ3n) is 1.51. The molecule has 0 aromatic carbocycles. The molecule has 0 spiro atoms. The lowest BCUT2D eigenvalue weighted by atomic mass is 10.3. The van der Waals surface area contributed by atoms with E-state index in [0.29, 0.717) is 6.54 Å². The molecule has 3 nitrogen and oxygen atoms in total. The Kier molecular flexibility index (Phi) is 3.49. The van der Waals surface area contributed by atoms with Gasteiger partial charge in [-0.25, -0.2) is 0 Å². The summed E-state index contributed by atoms with van der Waals surface area (Å²) in [5, 5.41) is 0. The van der Waals surface area contributed by atoms with Crippen molar-refractivity contribution < 1.29 is 4.74 Å². The fourth-order valence-electron chi connectivity index (χ4n) is 0.881. The molecule has 1 heterocycles. The van der Waals surface area contributed by atoms with Crippen LogP contribution < -0.4 is 10.5 Å². The van der Waals surface area contributed by atoms with Crippen LogP contribution in [0.15, 0.2) is 16.7 Å². The van der Waals surface area contributed by atoms with Gasteiger partial charge in [0.25, 0.3) is 0 Å². The Labute approximate surface area is 80.1 Å². The SMILES string of the molecule is COc1cnc(CCN)c(Br)c1. The largest absolute Gasteiger partial charge is 0.495 e. The first-order valence-electron chi connectivity index (χ1n) is 3.66. The molecular formula is C8H11BrN2O. The van der Waals surface area contributed by atoms with Gasteiger partial charge < -0.3 is 10.5 Å². The number of aromatic nitrogens is 1. The maximum Gasteiger partial charge on any atom is 0.138 e. The third-order valence-corrected chi connectivity index (χ3v) is 2.20. The molecule has 66 valence electrons. The molecular weight excluding hydrogens is 220 g/mol. The van der Waals surface area contributed by atoms with Gasteiger partial charge in [0, 0.05) is 10.9 Å². The molecule has 0 fully saturated rings. The first-order valence-corrected chi connectivity index (χ1v) is 4.45. The lowest BCUT2D eigenvalue weighted by Crippen LogP contribution is -2.05. The van der Waals surface area contributed by atoms with Gasteiger partial charge in [-0.05, 0) is 28.5 Å². The first-order chi connectivity index (χ1) is 5.77. The van der Waals surface area contributed by atoms with Crippen LogP contribution in [0.25, 0.3) is 0 Å². The summed E-state index contributed by atoms with van der Waals surface area (Å²) < 4.78 is 5.96. The van der Waals surface area contributed by atoms with Gasteiger partial charge in [-0.2, -0.15) is 0 Å². The second kappa shape index (κ2) is 4.42. The van der Waals surface area contributed by atoms with Crippen molar-refractivity contribution in [2.24, 2.45) is 5.73 Å². The summed E-state index contributed by atoms with van der Waals surface area (Å²) in [5.74, 6) is 0.752. The molecule has 0 unspecified atom stereocenters. The predicted octanol–water partition coefficient (Wildman–Crippen LogP) is 1.35. The zero-order chi connectivity index (χ0) is 8.97. The monoisotopic (exact) mass is 230 g/mol. The molecule has 0 amide bonds. The van der Waals surface area contributed by atoms with Crippen molar-refractivity contribution in [1.82, 2.24) is 4.98 Å². The fourth-order valence-corrected chi connectivity index (χ4v) is 1.41. The number of ether oxygens (including phenoxy) is 1. The molecule has 2 N–H and O–H groups in total. The smallest absolute Gasteiger partial charge is 0.138 e. The lowest BCUT2D eigenvalue weighted by Gasteiger charge is -2.03. The van der Waals surface area contributed by atoms with E-state index in [1.165, 1.54) is 0 Å². The van der Waals surface area contributed by atoms with Crippen LogP contribution in [-0.4, -0.2) is 18.6 Å². The van der Waals surface area contributed by atoms with Gasteiger partial charge >= 0.3 is 0 Å². The van der Waals surface area contributed by atoms with Gasteiger partial charge in [0.1, 0.15) is 5.75 Å². The number of methoxy groups -OCH3 is 1. The summed E-state index contributed by atoms with van der Waals surface area (Å²) >= 11 is 3.39. The van der Waals surface area contributed by atoms with E-state index in [-0.39, 0.29) is 0 Å². The van der Waals surface area contributed by atoms with Crippen LogP contribution in [0.2, 0.25) is 0 Å². The minimum atomic E-state index is 0.609. The van der Waals surface area contributed by atoms with Gasteiger partial charge in [0.05, 0.1) is 19.0 Å². The van der Waals surface area contributed by atoms with E-state index in [0.717, 1.165) is 22.3 Å². The van der Waals surface area contributed by atoms with E-state index in [2.05, 4.69) is 20.9 Å². The van der Waals surface area contributed by atoms with Crippen LogP contribution in [0.4, 0.5) is 0 Å². The number of hydrogen-bond acceptors (Lipinski definition) is 3. The number of nitrogens with two attached hydrogens (primary N) is 1. The second-order valence-corrected chi connectivity index (χ2v) is 3.20. The highest BCUT2D eigenvalue weighted by Gasteiger charge is 2.01. The standard InChI is InChI=1S/C8H11BrN2O/c1-12-6-4-7(9)8(2-3-10)11-5-6/h4-5H,2-3,10H2,1H3. The Balaban J connectivity index is 2.87. The van der Waals surface area contributed by atoms with E-state index < -0.39 is 0 Å².